The van der Waals surface area contributed by atoms with Crippen molar-refractivity contribution in [2.24, 2.45) is 0 Å². The second-order valence-electron chi connectivity index (χ2n) is 7.55. The molecule has 0 aliphatic heterocycles. The lowest BCUT2D eigenvalue weighted by Gasteiger charge is -2.17. The fourth-order valence-corrected chi connectivity index (χ4v) is 4.78. The maximum Gasteiger partial charge on any atom is 0.305 e. The Hall–Kier alpha value is -2.53. The van der Waals surface area contributed by atoms with Crippen molar-refractivity contribution in [3.05, 3.63) is 71.5 Å². The van der Waals surface area contributed by atoms with Crippen molar-refractivity contribution in [3.63, 3.8) is 0 Å². The summed E-state index contributed by atoms with van der Waals surface area (Å²) in [6, 6.07) is 16.7. The highest BCUT2D eigenvalue weighted by molar-refractivity contribution is 7.39. The van der Waals surface area contributed by atoms with Crippen LogP contribution in [0.5, 0.6) is 0 Å². The highest BCUT2D eigenvalue weighted by atomic mass is 31.1. The van der Waals surface area contributed by atoms with E-state index < -0.39 is 26.5 Å². The molecule has 0 aromatic heterocycles. The van der Waals surface area contributed by atoms with Crippen LogP contribution in [0.3, 0.4) is 0 Å². The molecule has 0 heterocycles. The van der Waals surface area contributed by atoms with Crippen LogP contribution in [0, 0.1) is 12.7 Å². The van der Waals surface area contributed by atoms with Crippen molar-refractivity contribution in [1.82, 2.24) is 0 Å². The number of carbonyl (C=O) groups is 1. The lowest BCUT2D eigenvalue weighted by atomic mass is 9.88. The second kappa shape index (κ2) is 10.7. The van der Waals surface area contributed by atoms with Crippen molar-refractivity contribution in [2.45, 2.75) is 32.3 Å². The number of halogens is 1. The average molecular weight is 444 g/mol. The molecule has 0 bridgehead atoms. The van der Waals surface area contributed by atoms with Crippen LogP contribution in [0.1, 0.15) is 24.0 Å². The van der Waals surface area contributed by atoms with E-state index in [2.05, 4.69) is 18.2 Å². The molecule has 0 saturated heterocycles. The van der Waals surface area contributed by atoms with Gasteiger partial charge in [-0.1, -0.05) is 42.5 Å². The molecule has 3 rings (SSSR count). The maximum atomic E-state index is 13.5. The van der Waals surface area contributed by atoms with Crippen LogP contribution >= 0.6 is 8.03 Å². The van der Waals surface area contributed by atoms with Crippen LogP contribution in [0.25, 0.3) is 21.9 Å². The minimum Gasteiger partial charge on any atom is -0.481 e. The highest BCUT2D eigenvalue weighted by Crippen LogP contribution is 2.35. The van der Waals surface area contributed by atoms with Gasteiger partial charge in [0.05, 0.1) is 19.1 Å². The summed E-state index contributed by atoms with van der Waals surface area (Å²) in [5.74, 6) is -1.42. The van der Waals surface area contributed by atoms with Gasteiger partial charge in [0.2, 0.25) is 0 Å². The molecule has 2 unspecified atom stereocenters. The van der Waals surface area contributed by atoms with E-state index in [1.165, 1.54) is 12.1 Å². The topological polar surface area (TPSA) is 83.8 Å². The summed E-state index contributed by atoms with van der Waals surface area (Å²) in [5, 5.41) is 20.4. The third-order valence-corrected chi connectivity index (χ3v) is 6.49. The molecule has 0 spiro atoms. The Morgan fingerprint density at radius 2 is 1.87 bits per heavy atom. The van der Waals surface area contributed by atoms with Gasteiger partial charge in [0.1, 0.15) is 5.82 Å². The van der Waals surface area contributed by atoms with E-state index in [1.54, 1.807) is 12.1 Å². The first-order chi connectivity index (χ1) is 14.8. The summed E-state index contributed by atoms with van der Waals surface area (Å²) < 4.78 is 30.8. The molecule has 2 N–H and O–H groups in total. The third kappa shape index (κ3) is 6.23. The molecular weight excluding hydrogens is 418 g/mol. The van der Waals surface area contributed by atoms with Gasteiger partial charge in [0.15, 0.2) is 8.03 Å². The summed E-state index contributed by atoms with van der Waals surface area (Å²) in [6.45, 7) is 2.29. The molecule has 7 heteroatoms. The van der Waals surface area contributed by atoms with Gasteiger partial charge in [-0.05, 0) is 64.9 Å². The van der Waals surface area contributed by atoms with Crippen molar-refractivity contribution in [1.29, 1.82) is 0 Å². The van der Waals surface area contributed by atoms with Gasteiger partial charge in [-0.2, -0.15) is 0 Å². The highest BCUT2D eigenvalue weighted by Gasteiger charge is 2.15. The Bertz CT molecular complexity index is 1080. The average Bonchev–Trinajstić information content (AvgIpc) is 2.71. The Kier molecular flexibility index (Phi) is 7.97. The number of carboxylic acid groups (broad SMARTS) is 1. The number of hydrogen-bond donors (Lipinski definition) is 2. The Balaban J connectivity index is 1.75. The summed E-state index contributed by atoms with van der Waals surface area (Å²) in [4.78, 5) is 10.6. The largest absolute Gasteiger partial charge is 0.481 e. The van der Waals surface area contributed by atoms with Crippen molar-refractivity contribution in [3.8, 4) is 11.1 Å². The fourth-order valence-electron chi connectivity index (χ4n) is 3.76. The first-order valence-electron chi connectivity index (χ1n) is 10.2. The summed E-state index contributed by atoms with van der Waals surface area (Å²) in [6.07, 6.45) is -0.490. The zero-order valence-corrected chi connectivity index (χ0v) is 18.3. The Labute approximate surface area is 181 Å². The van der Waals surface area contributed by atoms with E-state index in [-0.39, 0.29) is 18.6 Å². The van der Waals surface area contributed by atoms with Crippen LogP contribution in [-0.2, 0) is 20.3 Å². The van der Waals surface area contributed by atoms with Crippen LogP contribution in [0.15, 0.2) is 54.6 Å². The minimum atomic E-state index is -2.50. The lowest BCUT2D eigenvalue weighted by molar-refractivity contribution is -0.138. The molecule has 31 heavy (non-hydrogen) atoms. The predicted octanol–water partition coefficient (Wildman–Crippen LogP) is 5.21. The first kappa shape index (κ1) is 23.1. The smallest absolute Gasteiger partial charge is 0.305 e. The Morgan fingerprint density at radius 1 is 1.16 bits per heavy atom. The number of aryl methyl sites for hydroxylation is 1. The fraction of sp³-hybridized carbons (Fsp3) is 0.292. The van der Waals surface area contributed by atoms with Crippen LogP contribution in [0.4, 0.5) is 4.39 Å². The van der Waals surface area contributed by atoms with E-state index in [4.69, 9.17) is 9.63 Å². The standard InChI is InChI=1S/C24H26FO5P/c1-16-13-18-5-2-3-6-22(18)24(17-8-10-19(25)11-9-17)21(16)7-4-12-30-31(29)15-20(26)14-23(27)28/h2-3,5-6,8-11,13,20,26,31H,4,7,12,14-15H2,1H3,(H,27,28). The van der Waals surface area contributed by atoms with Crippen molar-refractivity contribution < 1.29 is 28.5 Å². The molecule has 164 valence electrons. The molecule has 0 saturated carbocycles. The molecule has 0 amide bonds. The quantitative estimate of drug-likeness (QED) is 0.331. The summed E-state index contributed by atoms with van der Waals surface area (Å²) in [7, 11) is -2.50. The van der Waals surface area contributed by atoms with Gasteiger partial charge in [-0.15, -0.1) is 0 Å². The predicted molar refractivity (Wildman–Crippen MR) is 120 cm³/mol. The second-order valence-corrected chi connectivity index (χ2v) is 9.00. The van der Waals surface area contributed by atoms with E-state index in [0.717, 1.165) is 33.0 Å². The lowest BCUT2D eigenvalue weighted by Crippen LogP contribution is -2.15. The molecule has 2 atom stereocenters. The van der Waals surface area contributed by atoms with Gasteiger partial charge in [-0.3, -0.25) is 9.36 Å². The van der Waals surface area contributed by atoms with E-state index >= 15 is 0 Å². The van der Waals surface area contributed by atoms with Crippen LogP contribution < -0.4 is 0 Å². The molecule has 5 nitrogen and oxygen atoms in total. The van der Waals surface area contributed by atoms with Crippen LogP contribution in [-0.4, -0.2) is 35.1 Å². The number of rotatable bonds is 10. The zero-order chi connectivity index (χ0) is 22.4. The number of aliphatic carboxylic acids is 1. The van der Waals surface area contributed by atoms with Gasteiger partial charge < -0.3 is 14.7 Å². The number of fused-ring (bicyclic) bond motifs is 1. The molecule has 3 aromatic rings. The van der Waals surface area contributed by atoms with Gasteiger partial charge in [-0.25, -0.2) is 4.39 Å². The molecule has 3 aromatic carbocycles. The third-order valence-electron chi connectivity index (χ3n) is 5.16. The molecule has 0 aliphatic rings. The van der Waals surface area contributed by atoms with Gasteiger partial charge >= 0.3 is 5.97 Å². The molecule has 0 aliphatic carbocycles. The number of carboxylic acids is 1. The monoisotopic (exact) mass is 444 g/mol. The summed E-state index contributed by atoms with van der Waals surface area (Å²) in [5.41, 5.74) is 4.23. The van der Waals surface area contributed by atoms with Crippen LogP contribution in [0.2, 0.25) is 0 Å². The van der Waals surface area contributed by atoms with Gasteiger partial charge in [0.25, 0.3) is 0 Å². The van der Waals surface area contributed by atoms with Crippen molar-refractivity contribution in [2.75, 3.05) is 12.8 Å². The number of benzene rings is 3. The zero-order valence-electron chi connectivity index (χ0n) is 17.3. The number of hydrogen-bond acceptors (Lipinski definition) is 4. The minimum absolute atomic E-state index is 0.160. The van der Waals surface area contributed by atoms with E-state index in [9.17, 15) is 18.9 Å². The number of aliphatic hydroxyl groups excluding tert-OH is 1. The summed E-state index contributed by atoms with van der Waals surface area (Å²) >= 11 is 0. The molecule has 0 radical (unpaired) electrons. The number of aliphatic hydroxyl groups is 1. The maximum absolute atomic E-state index is 13.5. The first-order valence-corrected chi connectivity index (χ1v) is 11.7. The molecule has 0 fully saturated rings. The van der Waals surface area contributed by atoms with Gasteiger partial charge in [0, 0.05) is 6.16 Å². The Morgan fingerprint density at radius 3 is 2.58 bits per heavy atom. The van der Waals surface area contributed by atoms with E-state index in [1.807, 2.05) is 19.1 Å². The normalized spacial score (nSPS) is 13.3. The van der Waals surface area contributed by atoms with E-state index in [0.29, 0.717) is 12.8 Å². The SMILES string of the molecule is Cc1cc2ccccc2c(-c2ccc(F)cc2)c1CCCO[PH](=O)CC(O)CC(=O)O. The van der Waals surface area contributed by atoms with Crippen molar-refractivity contribution >= 4 is 24.8 Å². The molecular formula is C24H26FO5P.